The van der Waals surface area contributed by atoms with Gasteiger partial charge in [0.1, 0.15) is 12.4 Å². The highest BCUT2D eigenvalue weighted by molar-refractivity contribution is 5.93. The maximum Gasteiger partial charge on any atom is 0.335 e. The number of aromatic nitrogens is 2. The molecule has 0 atom stereocenters. The Morgan fingerprint density at radius 2 is 1.96 bits per heavy atom. The Morgan fingerprint density at radius 3 is 2.64 bits per heavy atom. The molecule has 3 rings (SSSR count). The van der Waals surface area contributed by atoms with E-state index in [1.54, 1.807) is 6.20 Å². The molecule has 1 amide bonds. The Kier molecular flexibility index (Phi) is 5.27. The Labute approximate surface area is 144 Å². The van der Waals surface area contributed by atoms with Crippen molar-refractivity contribution in [1.82, 2.24) is 15.3 Å². The van der Waals surface area contributed by atoms with Crippen molar-refractivity contribution in [2.24, 2.45) is 0 Å². The SMILES string of the molecule is COc1cncc(OC2CCC(NC(=O)c3ccc(=O)oc3)CC2)n1. The molecule has 2 aromatic heterocycles. The lowest BCUT2D eigenvalue weighted by molar-refractivity contribution is 0.0886. The topological polar surface area (TPSA) is 104 Å². The van der Waals surface area contributed by atoms with E-state index in [-0.39, 0.29) is 18.1 Å². The lowest BCUT2D eigenvalue weighted by Gasteiger charge is -2.29. The smallest absolute Gasteiger partial charge is 0.335 e. The zero-order valence-corrected chi connectivity index (χ0v) is 13.8. The van der Waals surface area contributed by atoms with Gasteiger partial charge in [0.15, 0.2) is 0 Å². The summed E-state index contributed by atoms with van der Waals surface area (Å²) in [5.41, 5.74) is -0.139. The van der Waals surface area contributed by atoms with Crippen LogP contribution in [0.5, 0.6) is 11.8 Å². The van der Waals surface area contributed by atoms with Crippen LogP contribution in [0.3, 0.4) is 0 Å². The molecule has 8 nitrogen and oxygen atoms in total. The minimum absolute atomic E-state index is 0.0318. The van der Waals surface area contributed by atoms with Gasteiger partial charge in [0.2, 0.25) is 11.8 Å². The van der Waals surface area contributed by atoms with Crippen molar-refractivity contribution >= 4 is 5.91 Å². The summed E-state index contributed by atoms with van der Waals surface area (Å²) < 4.78 is 15.6. The standard InChI is InChI=1S/C17H19N3O5/c1-23-14-8-18-9-15(20-14)25-13-5-3-12(4-6-13)19-17(22)11-2-7-16(21)24-10-11/h2,7-10,12-13H,3-6H2,1H3,(H,19,22). The van der Waals surface area contributed by atoms with Gasteiger partial charge in [-0.05, 0) is 31.7 Å². The number of hydrogen-bond donors (Lipinski definition) is 1. The minimum atomic E-state index is -0.477. The van der Waals surface area contributed by atoms with Gasteiger partial charge in [-0.3, -0.25) is 9.78 Å². The van der Waals surface area contributed by atoms with Gasteiger partial charge in [0, 0.05) is 12.1 Å². The van der Waals surface area contributed by atoms with Crippen LogP contribution in [0.25, 0.3) is 0 Å². The summed E-state index contributed by atoms with van der Waals surface area (Å²) in [5, 5.41) is 2.95. The summed E-state index contributed by atoms with van der Waals surface area (Å²) in [6, 6.07) is 2.75. The molecule has 1 aliphatic rings. The molecule has 0 saturated heterocycles. The van der Waals surface area contributed by atoms with E-state index in [4.69, 9.17) is 13.9 Å². The lowest BCUT2D eigenvalue weighted by atomic mass is 9.93. The molecule has 2 aromatic rings. The van der Waals surface area contributed by atoms with Crippen molar-refractivity contribution in [1.29, 1.82) is 0 Å². The van der Waals surface area contributed by atoms with Crippen LogP contribution in [-0.2, 0) is 0 Å². The molecule has 0 unspecified atom stereocenters. The van der Waals surface area contributed by atoms with E-state index in [2.05, 4.69) is 15.3 Å². The summed E-state index contributed by atoms with van der Waals surface area (Å²) in [6.45, 7) is 0. The fraction of sp³-hybridized carbons (Fsp3) is 0.412. The van der Waals surface area contributed by atoms with E-state index in [1.807, 2.05) is 0 Å². The maximum absolute atomic E-state index is 12.1. The van der Waals surface area contributed by atoms with Crippen LogP contribution in [0, 0.1) is 0 Å². The molecule has 2 heterocycles. The zero-order chi connectivity index (χ0) is 17.6. The minimum Gasteiger partial charge on any atom is -0.480 e. The lowest BCUT2D eigenvalue weighted by Crippen LogP contribution is -2.39. The second-order valence-corrected chi connectivity index (χ2v) is 5.81. The molecule has 0 aliphatic heterocycles. The third kappa shape index (κ3) is 4.56. The predicted molar refractivity (Wildman–Crippen MR) is 87.7 cm³/mol. The highest BCUT2D eigenvalue weighted by Crippen LogP contribution is 2.23. The number of nitrogens with one attached hydrogen (secondary N) is 1. The molecule has 0 bridgehead atoms. The number of amides is 1. The van der Waals surface area contributed by atoms with E-state index in [0.717, 1.165) is 25.7 Å². The van der Waals surface area contributed by atoms with Crippen LogP contribution in [-0.4, -0.2) is 35.1 Å². The Balaban J connectivity index is 1.49. The van der Waals surface area contributed by atoms with Gasteiger partial charge in [0.25, 0.3) is 5.91 Å². The third-order valence-electron chi connectivity index (χ3n) is 4.06. The molecule has 0 aromatic carbocycles. The molecule has 1 fully saturated rings. The Bertz CT molecular complexity index is 763. The number of nitrogens with zero attached hydrogens (tertiary/aromatic N) is 2. The maximum atomic E-state index is 12.1. The average molecular weight is 345 g/mol. The summed E-state index contributed by atoms with van der Waals surface area (Å²) in [5.74, 6) is 0.603. The quantitative estimate of drug-likeness (QED) is 0.877. The van der Waals surface area contributed by atoms with Gasteiger partial charge in [-0.1, -0.05) is 0 Å². The number of carbonyl (C=O) groups is 1. The molecule has 0 spiro atoms. The molecular weight excluding hydrogens is 326 g/mol. The largest absolute Gasteiger partial charge is 0.480 e. The van der Waals surface area contributed by atoms with E-state index in [9.17, 15) is 9.59 Å². The number of hydrogen-bond acceptors (Lipinski definition) is 7. The molecule has 1 N–H and O–H groups in total. The van der Waals surface area contributed by atoms with Crippen molar-refractivity contribution in [2.45, 2.75) is 37.8 Å². The normalized spacial score (nSPS) is 19.9. The number of carbonyl (C=O) groups excluding carboxylic acids is 1. The molecular formula is C17H19N3O5. The van der Waals surface area contributed by atoms with Crippen molar-refractivity contribution in [3.8, 4) is 11.8 Å². The van der Waals surface area contributed by atoms with Crippen molar-refractivity contribution in [3.63, 3.8) is 0 Å². The second kappa shape index (κ2) is 7.78. The first-order valence-electron chi connectivity index (χ1n) is 8.06. The van der Waals surface area contributed by atoms with E-state index < -0.39 is 5.63 Å². The average Bonchev–Trinajstić information content (AvgIpc) is 2.64. The highest BCUT2D eigenvalue weighted by atomic mass is 16.5. The molecule has 0 radical (unpaired) electrons. The van der Waals surface area contributed by atoms with E-state index >= 15 is 0 Å². The first-order valence-corrected chi connectivity index (χ1v) is 8.06. The first kappa shape index (κ1) is 16.9. The Morgan fingerprint density at radius 1 is 1.20 bits per heavy atom. The fourth-order valence-electron chi connectivity index (χ4n) is 2.74. The van der Waals surface area contributed by atoms with Crippen molar-refractivity contribution in [2.75, 3.05) is 7.11 Å². The second-order valence-electron chi connectivity index (χ2n) is 5.81. The van der Waals surface area contributed by atoms with Gasteiger partial charge in [0.05, 0.1) is 25.1 Å². The molecule has 25 heavy (non-hydrogen) atoms. The number of rotatable bonds is 5. The Hall–Kier alpha value is -2.90. The number of methoxy groups -OCH3 is 1. The summed E-state index contributed by atoms with van der Waals surface area (Å²) in [7, 11) is 1.53. The van der Waals surface area contributed by atoms with Gasteiger partial charge in [-0.15, -0.1) is 0 Å². The van der Waals surface area contributed by atoms with Crippen LogP contribution in [0.1, 0.15) is 36.0 Å². The molecule has 1 saturated carbocycles. The molecule has 132 valence electrons. The molecule has 8 heteroatoms. The van der Waals surface area contributed by atoms with Gasteiger partial charge < -0.3 is 19.2 Å². The predicted octanol–water partition coefficient (Wildman–Crippen LogP) is 1.56. The monoisotopic (exact) mass is 345 g/mol. The van der Waals surface area contributed by atoms with E-state index in [0.29, 0.717) is 17.3 Å². The van der Waals surface area contributed by atoms with Crippen molar-refractivity contribution < 1.29 is 18.7 Å². The zero-order valence-electron chi connectivity index (χ0n) is 13.8. The van der Waals surface area contributed by atoms with E-state index in [1.165, 1.54) is 31.7 Å². The van der Waals surface area contributed by atoms with Crippen LogP contribution in [0.15, 0.2) is 40.0 Å². The van der Waals surface area contributed by atoms with Gasteiger partial charge in [-0.2, -0.15) is 4.98 Å². The van der Waals surface area contributed by atoms with Crippen LogP contribution in [0.2, 0.25) is 0 Å². The molecule has 1 aliphatic carbocycles. The first-order chi connectivity index (χ1) is 12.1. The summed E-state index contributed by atoms with van der Waals surface area (Å²) in [4.78, 5) is 31.3. The van der Waals surface area contributed by atoms with Gasteiger partial charge >= 0.3 is 5.63 Å². The summed E-state index contributed by atoms with van der Waals surface area (Å²) >= 11 is 0. The van der Waals surface area contributed by atoms with Gasteiger partial charge in [-0.25, -0.2) is 4.79 Å². The van der Waals surface area contributed by atoms with Crippen LogP contribution in [0.4, 0.5) is 0 Å². The summed E-state index contributed by atoms with van der Waals surface area (Å²) in [6.07, 6.45) is 7.47. The van der Waals surface area contributed by atoms with Crippen molar-refractivity contribution in [3.05, 3.63) is 46.8 Å². The fourth-order valence-corrected chi connectivity index (χ4v) is 2.74. The highest BCUT2D eigenvalue weighted by Gasteiger charge is 2.24. The van der Waals surface area contributed by atoms with Crippen LogP contribution >= 0.6 is 0 Å². The van der Waals surface area contributed by atoms with Crippen LogP contribution < -0.4 is 20.4 Å². The third-order valence-corrected chi connectivity index (χ3v) is 4.06. The number of ether oxygens (including phenoxy) is 2.